The molecule has 1 aliphatic rings. The van der Waals surface area contributed by atoms with Crippen LogP contribution < -0.4 is 14.8 Å². The van der Waals surface area contributed by atoms with Gasteiger partial charge in [-0.25, -0.2) is 0 Å². The molecule has 0 saturated heterocycles. The van der Waals surface area contributed by atoms with Gasteiger partial charge in [-0.2, -0.15) is 0 Å². The molecule has 0 heterocycles. The highest BCUT2D eigenvalue weighted by Gasteiger charge is 2.27. The molecule has 21 heavy (non-hydrogen) atoms. The van der Waals surface area contributed by atoms with Crippen LogP contribution in [0.3, 0.4) is 0 Å². The van der Waals surface area contributed by atoms with Crippen LogP contribution >= 0.6 is 0 Å². The molecule has 1 aliphatic carbocycles. The molecule has 2 unspecified atom stereocenters. The van der Waals surface area contributed by atoms with Gasteiger partial charge in [-0.15, -0.1) is 0 Å². The number of hydrogen-bond acceptors (Lipinski definition) is 3. The maximum Gasteiger partial charge on any atom is 0.163 e. The van der Waals surface area contributed by atoms with Crippen LogP contribution in [0.5, 0.6) is 11.5 Å². The van der Waals surface area contributed by atoms with E-state index in [9.17, 15) is 0 Å². The SMILES string of the molecule is CCOc1cc(NC2CCCCC2C(C)C)ccc1OC. The molecule has 0 bridgehead atoms. The van der Waals surface area contributed by atoms with Crippen LogP contribution in [0.25, 0.3) is 0 Å². The Morgan fingerprint density at radius 1 is 1.19 bits per heavy atom. The molecular weight excluding hydrogens is 262 g/mol. The van der Waals surface area contributed by atoms with E-state index in [4.69, 9.17) is 9.47 Å². The fraction of sp³-hybridized carbons (Fsp3) is 0.667. The summed E-state index contributed by atoms with van der Waals surface area (Å²) in [7, 11) is 1.68. The first-order valence-electron chi connectivity index (χ1n) is 8.23. The largest absolute Gasteiger partial charge is 0.493 e. The maximum atomic E-state index is 5.67. The van der Waals surface area contributed by atoms with E-state index in [1.54, 1.807) is 7.11 Å². The van der Waals surface area contributed by atoms with Gasteiger partial charge in [-0.1, -0.05) is 26.7 Å². The van der Waals surface area contributed by atoms with E-state index in [1.807, 2.05) is 13.0 Å². The molecule has 0 radical (unpaired) electrons. The fourth-order valence-corrected chi connectivity index (χ4v) is 3.39. The van der Waals surface area contributed by atoms with Crippen molar-refractivity contribution >= 4 is 5.69 Å². The minimum atomic E-state index is 0.571. The number of ether oxygens (including phenoxy) is 2. The number of anilines is 1. The van der Waals surface area contributed by atoms with Crippen molar-refractivity contribution in [2.45, 2.75) is 52.5 Å². The first-order valence-corrected chi connectivity index (χ1v) is 8.23. The quantitative estimate of drug-likeness (QED) is 0.822. The smallest absolute Gasteiger partial charge is 0.163 e. The van der Waals surface area contributed by atoms with Crippen molar-refractivity contribution < 1.29 is 9.47 Å². The standard InChI is InChI=1S/C18H29NO2/c1-5-21-18-12-14(10-11-17(18)20-4)19-16-9-7-6-8-15(16)13(2)3/h10-13,15-16,19H,5-9H2,1-4H3. The van der Waals surface area contributed by atoms with E-state index < -0.39 is 0 Å². The topological polar surface area (TPSA) is 30.5 Å². The van der Waals surface area contributed by atoms with Crippen molar-refractivity contribution in [2.75, 3.05) is 19.0 Å². The summed E-state index contributed by atoms with van der Waals surface area (Å²) in [6.07, 6.45) is 5.30. The van der Waals surface area contributed by atoms with E-state index in [-0.39, 0.29) is 0 Å². The maximum absolute atomic E-state index is 5.67. The van der Waals surface area contributed by atoms with Gasteiger partial charge in [0.2, 0.25) is 0 Å². The molecule has 1 N–H and O–H groups in total. The van der Waals surface area contributed by atoms with Crippen molar-refractivity contribution in [1.29, 1.82) is 0 Å². The summed E-state index contributed by atoms with van der Waals surface area (Å²) in [4.78, 5) is 0. The van der Waals surface area contributed by atoms with Gasteiger partial charge in [0, 0.05) is 17.8 Å². The van der Waals surface area contributed by atoms with Crippen LogP contribution in [0, 0.1) is 11.8 Å². The Kier molecular flexibility index (Phi) is 5.77. The molecular formula is C18H29NO2. The second kappa shape index (κ2) is 7.58. The average Bonchev–Trinajstić information content (AvgIpc) is 2.48. The predicted octanol–water partition coefficient (Wildman–Crippen LogP) is 4.72. The van der Waals surface area contributed by atoms with Crippen LogP contribution in [0.15, 0.2) is 18.2 Å². The zero-order valence-corrected chi connectivity index (χ0v) is 13.8. The number of nitrogens with one attached hydrogen (secondary N) is 1. The van der Waals surface area contributed by atoms with Crippen molar-refractivity contribution in [3.63, 3.8) is 0 Å². The number of methoxy groups -OCH3 is 1. The third kappa shape index (κ3) is 4.05. The molecule has 0 aromatic heterocycles. The molecule has 0 aliphatic heterocycles. The van der Waals surface area contributed by atoms with E-state index in [0.717, 1.165) is 29.0 Å². The van der Waals surface area contributed by atoms with E-state index in [0.29, 0.717) is 12.6 Å². The molecule has 3 nitrogen and oxygen atoms in total. The molecule has 1 aromatic rings. The van der Waals surface area contributed by atoms with Crippen LogP contribution in [0.4, 0.5) is 5.69 Å². The molecule has 0 spiro atoms. The molecule has 118 valence electrons. The zero-order chi connectivity index (χ0) is 15.2. The highest BCUT2D eigenvalue weighted by Crippen LogP contribution is 2.35. The zero-order valence-electron chi connectivity index (χ0n) is 13.8. The minimum absolute atomic E-state index is 0.571. The van der Waals surface area contributed by atoms with Gasteiger partial charge < -0.3 is 14.8 Å². The number of benzene rings is 1. The first-order chi connectivity index (χ1) is 10.2. The van der Waals surface area contributed by atoms with E-state index >= 15 is 0 Å². The van der Waals surface area contributed by atoms with Crippen LogP contribution in [-0.2, 0) is 0 Å². The molecule has 2 atom stereocenters. The normalized spacial score (nSPS) is 22.1. The minimum Gasteiger partial charge on any atom is -0.493 e. The fourth-order valence-electron chi connectivity index (χ4n) is 3.39. The molecule has 1 saturated carbocycles. The van der Waals surface area contributed by atoms with Crippen molar-refractivity contribution in [1.82, 2.24) is 0 Å². The van der Waals surface area contributed by atoms with Crippen molar-refractivity contribution in [2.24, 2.45) is 11.8 Å². The van der Waals surface area contributed by atoms with Crippen LogP contribution in [0.2, 0.25) is 0 Å². The third-order valence-electron chi connectivity index (χ3n) is 4.49. The molecule has 2 rings (SSSR count). The predicted molar refractivity (Wildman–Crippen MR) is 88.4 cm³/mol. The summed E-state index contributed by atoms with van der Waals surface area (Å²) < 4.78 is 11.0. The van der Waals surface area contributed by atoms with E-state index in [2.05, 4.69) is 31.3 Å². The van der Waals surface area contributed by atoms with Gasteiger partial charge >= 0.3 is 0 Å². The summed E-state index contributed by atoms with van der Waals surface area (Å²) in [5.74, 6) is 3.11. The Bertz CT molecular complexity index is 445. The van der Waals surface area contributed by atoms with Crippen molar-refractivity contribution in [3.05, 3.63) is 18.2 Å². The lowest BCUT2D eigenvalue weighted by atomic mass is 9.78. The Labute approximate surface area is 129 Å². The van der Waals surface area contributed by atoms with Gasteiger partial charge in [-0.3, -0.25) is 0 Å². The van der Waals surface area contributed by atoms with E-state index in [1.165, 1.54) is 25.7 Å². The lowest BCUT2D eigenvalue weighted by Gasteiger charge is -2.35. The van der Waals surface area contributed by atoms with Gasteiger partial charge in [-0.05, 0) is 43.7 Å². The first kappa shape index (κ1) is 16.0. The van der Waals surface area contributed by atoms with Crippen molar-refractivity contribution in [3.8, 4) is 11.5 Å². The van der Waals surface area contributed by atoms with Crippen LogP contribution in [-0.4, -0.2) is 19.8 Å². The Morgan fingerprint density at radius 3 is 2.62 bits per heavy atom. The summed E-state index contributed by atoms with van der Waals surface area (Å²) >= 11 is 0. The highest BCUT2D eigenvalue weighted by molar-refractivity contribution is 5.55. The number of hydrogen-bond donors (Lipinski definition) is 1. The number of rotatable bonds is 6. The summed E-state index contributed by atoms with van der Waals surface area (Å²) in [5, 5.41) is 3.73. The second-order valence-electron chi connectivity index (χ2n) is 6.24. The monoisotopic (exact) mass is 291 g/mol. The third-order valence-corrected chi connectivity index (χ3v) is 4.49. The highest BCUT2D eigenvalue weighted by atomic mass is 16.5. The Morgan fingerprint density at radius 2 is 1.95 bits per heavy atom. The summed E-state index contributed by atoms with van der Waals surface area (Å²) in [5.41, 5.74) is 1.14. The second-order valence-corrected chi connectivity index (χ2v) is 6.24. The molecule has 1 aromatic carbocycles. The Hall–Kier alpha value is -1.38. The summed E-state index contributed by atoms with van der Waals surface area (Å²) in [6, 6.07) is 6.71. The molecule has 0 amide bonds. The Balaban J connectivity index is 2.12. The molecule has 1 fully saturated rings. The average molecular weight is 291 g/mol. The van der Waals surface area contributed by atoms with Crippen LogP contribution in [0.1, 0.15) is 46.5 Å². The van der Waals surface area contributed by atoms with Gasteiger partial charge in [0.05, 0.1) is 13.7 Å². The van der Waals surface area contributed by atoms with Gasteiger partial charge in [0.15, 0.2) is 11.5 Å². The van der Waals surface area contributed by atoms with Gasteiger partial charge in [0.25, 0.3) is 0 Å². The summed E-state index contributed by atoms with van der Waals surface area (Å²) in [6.45, 7) is 7.32. The molecule has 3 heteroatoms. The van der Waals surface area contributed by atoms with Gasteiger partial charge in [0.1, 0.15) is 0 Å². The lowest BCUT2D eigenvalue weighted by molar-refractivity contribution is 0.253. The lowest BCUT2D eigenvalue weighted by Crippen LogP contribution is -2.35.